The summed E-state index contributed by atoms with van der Waals surface area (Å²) >= 11 is 0. The fourth-order valence-corrected chi connectivity index (χ4v) is 4.57. The van der Waals surface area contributed by atoms with Crippen LogP contribution in [-0.4, -0.2) is 64.7 Å². The molecule has 1 amide bonds. The molecule has 6 nitrogen and oxygen atoms in total. The van der Waals surface area contributed by atoms with Gasteiger partial charge >= 0.3 is 0 Å². The Morgan fingerprint density at radius 1 is 0.969 bits per heavy atom. The van der Waals surface area contributed by atoms with Gasteiger partial charge in [0, 0.05) is 38.6 Å². The number of nitrogens with zero attached hydrogens (tertiary/aromatic N) is 3. The van der Waals surface area contributed by atoms with Gasteiger partial charge in [0.15, 0.2) is 0 Å². The minimum absolute atomic E-state index is 0.0955. The quantitative estimate of drug-likeness (QED) is 0.676. The highest BCUT2D eigenvalue weighted by Gasteiger charge is 2.27. The maximum atomic E-state index is 13.2. The maximum absolute atomic E-state index is 13.2. The molecule has 0 fully saturated rings. The van der Waals surface area contributed by atoms with E-state index in [9.17, 15) is 9.90 Å². The lowest BCUT2D eigenvalue weighted by atomic mass is 10.00. The van der Waals surface area contributed by atoms with E-state index in [4.69, 9.17) is 4.74 Å². The molecule has 0 aliphatic carbocycles. The fourth-order valence-electron chi connectivity index (χ4n) is 4.57. The van der Waals surface area contributed by atoms with Crippen molar-refractivity contribution in [1.82, 2.24) is 14.8 Å². The Morgan fingerprint density at radius 2 is 1.78 bits per heavy atom. The molecule has 6 heteroatoms. The lowest BCUT2D eigenvalue weighted by Crippen LogP contribution is -2.44. The van der Waals surface area contributed by atoms with Crippen molar-refractivity contribution in [2.24, 2.45) is 0 Å². The topological polar surface area (TPSA) is 65.9 Å². The molecule has 0 spiro atoms. The average Bonchev–Trinajstić information content (AvgIpc) is 2.98. The Balaban J connectivity index is 1.25. The van der Waals surface area contributed by atoms with E-state index in [0.29, 0.717) is 37.6 Å². The second-order valence-electron chi connectivity index (χ2n) is 8.45. The third kappa shape index (κ3) is 4.38. The number of amides is 1. The van der Waals surface area contributed by atoms with Crippen LogP contribution in [0.1, 0.15) is 21.5 Å². The number of ether oxygens (including phenoxy) is 1. The van der Waals surface area contributed by atoms with Crippen molar-refractivity contribution in [2.75, 3.05) is 32.8 Å². The number of aliphatic hydroxyl groups excluding tert-OH is 1. The van der Waals surface area contributed by atoms with Crippen molar-refractivity contribution >= 4 is 5.91 Å². The van der Waals surface area contributed by atoms with Crippen molar-refractivity contribution in [3.63, 3.8) is 0 Å². The van der Waals surface area contributed by atoms with Crippen molar-refractivity contribution < 1.29 is 14.6 Å². The van der Waals surface area contributed by atoms with Crippen LogP contribution in [0.15, 0.2) is 67.0 Å². The zero-order valence-corrected chi connectivity index (χ0v) is 18.0. The number of β-amino-alcohol motifs (C(OH)–C–C–N with tert-alkyl or cyclic N) is 1. The van der Waals surface area contributed by atoms with Crippen LogP contribution in [0.5, 0.6) is 5.75 Å². The first-order valence-electron chi connectivity index (χ1n) is 11.1. The summed E-state index contributed by atoms with van der Waals surface area (Å²) in [7, 11) is 0. The third-order valence-electron chi connectivity index (χ3n) is 6.24. The Kier molecular flexibility index (Phi) is 5.88. The van der Waals surface area contributed by atoms with E-state index >= 15 is 0 Å². The van der Waals surface area contributed by atoms with E-state index in [0.717, 1.165) is 30.6 Å². The van der Waals surface area contributed by atoms with Gasteiger partial charge in [-0.3, -0.25) is 14.7 Å². The molecule has 2 aliphatic rings. The number of fused-ring (bicyclic) bond motifs is 2. The summed E-state index contributed by atoms with van der Waals surface area (Å²) in [6, 6.07) is 18.0. The molecule has 0 unspecified atom stereocenters. The summed E-state index contributed by atoms with van der Waals surface area (Å²) in [6.45, 7) is 3.47. The third-order valence-corrected chi connectivity index (χ3v) is 6.24. The van der Waals surface area contributed by atoms with Gasteiger partial charge in [0.05, 0.1) is 18.2 Å². The molecule has 1 aromatic heterocycles. The molecule has 164 valence electrons. The van der Waals surface area contributed by atoms with Crippen LogP contribution in [0.25, 0.3) is 11.1 Å². The van der Waals surface area contributed by atoms with Gasteiger partial charge in [-0.05, 0) is 52.9 Å². The molecule has 2 aromatic carbocycles. The zero-order chi connectivity index (χ0) is 21.9. The number of benzene rings is 2. The van der Waals surface area contributed by atoms with Gasteiger partial charge < -0.3 is 14.7 Å². The summed E-state index contributed by atoms with van der Waals surface area (Å²) in [5.74, 6) is 0.496. The molecule has 3 heterocycles. The largest absolute Gasteiger partial charge is 0.491 e. The molecule has 1 N–H and O–H groups in total. The number of pyridine rings is 1. The number of carbonyl (C=O) groups is 1. The summed E-state index contributed by atoms with van der Waals surface area (Å²) in [5, 5.41) is 10.8. The Hall–Kier alpha value is -3.22. The first kappa shape index (κ1) is 20.7. The highest BCUT2D eigenvalue weighted by Crippen LogP contribution is 2.29. The van der Waals surface area contributed by atoms with Crippen LogP contribution in [0.3, 0.4) is 0 Å². The SMILES string of the molecule is O=C1c2ccc(-c3ccncc3)cc2OCCN1C[C@H](O)CN1CCc2ccccc2C1. The van der Waals surface area contributed by atoms with Crippen molar-refractivity contribution in [1.29, 1.82) is 0 Å². The van der Waals surface area contributed by atoms with Gasteiger partial charge in [-0.15, -0.1) is 0 Å². The van der Waals surface area contributed by atoms with Gasteiger partial charge in [-0.1, -0.05) is 30.3 Å². The lowest BCUT2D eigenvalue weighted by molar-refractivity contribution is 0.0501. The van der Waals surface area contributed by atoms with Crippen LogP contribution in [-0.2, 0) is 13.0 Å². The molecule has 0 saturated carbocycles. The van der Waals surface area contributed by atoms with Gasteiger partial charge in [0.2, 0.25) is 0 Å². The summed E-state index contributed by atoms with van der Waals surface area (Å²) in [4.78, 5) is 21.2. The average molecular weight is 430 g/mol. The maximum Gasteiger partial charge on any atom is 0.257 e. The summed E-state index contributed by atoms with van der Waals surface area (Å²) < 4.78 is 5.91. The number of carbonyl (C=O) groups excluding carboxylic acids is 1. The van der Waals surface area contributed by atoms with Gasteiger partial charge in [0.1, 0.15) is 12.4 Å². The van der Waals surface area contributed by atoms with Crippen molar-refractivity contribution in [3.05, 3.63) is 83.7 Å². The smallest absolute Gasteiger partial charge is 0.257 e. The monoisotopic (exact) mass is 429 g/mol. The Labute approximate surface area is 188 Å². The van der Waals surface area contributed by atoms with Crippen molar-refractivity contribution in [3.8, 4) is 16.9 Å². The Bertz CT molecular complexity index is 1100. The van der Waals surface area contributed by atoms with Crippen LogP contribution in [0.4, 0.5) is 0 Å². The number of rotatable bonds is 5. The number of aliphatic hydroxyl groups is 1. The number of hydrogen-bond acceptors (Lipinski definition) is 5. The predicted octanol–water partition coefficient (Wildman–Crippen LogP) is 3.00. The zero-order valence-electron chi connectivity index (χ0n) is 18.0. The molecule has 1 atom stereocenters. The molecule has 0 bridgehead atoms. The molecule has 32 heavy (non-hydrogen) atoms. The molecule has 0 saturated heterocycles. The van der Waals surface area contributed by atoms with Gasteiger partial charge in [-0.25, -0.2) is 0 Å². The van der Waals surface area contributed by atoms with E-state index in [2.05, 4.69) is 34.1 Å². The highest BCUT2D eigenvalue weighted by atomic mass is 16.5. The van der Waals surface area contributed by atoms with Crippen LogP contribution in [0, 0.1) is 0 Å². The first-order chi connectivity index (χ1) is 15.7. The molecule has 0 radical (unpaired) electrons. The summed E-state index contributed by atoms with van der Waals surface area (Å²) in [6.07, 6.45) is 3.88. The fraction of sp³-hybridized carbons (Fsp3) is 0.308. The standard InChI is InChI=1S/C26H27N3O3/c30-23(17-28-12-9-19-3-1-2-4-22(19)16-28)18-29-13-14-32-25-15-21(5-6-24(25)26(29)31)20-7-10-27-11-8-20/h1-8,10-11,15,23,30H,9,12-14,16-18H2/t23-/m1/s1. The molecule has 5 rings (SSSR count). The van der Waals surface area contributed by atoms with E-state index in [-0.39, 0.29) is 5.91 Å². The molecule has 3 aromatic rings. The molecule has 2 aliphatic heterocycles. The van der Waals surface area contributed by atoms with Crippen LogP contribution in [0.2, 0.25) is 0 Å². The minimum Gasteiger partial charge on any atom is -0.491 e. The summed E-state index contributed by atoms with van der Waals surface area (Å²) in [5.41, 5.74) is 5.26. The minimum atomic E-state index is -0.609. The number of aromatic nitrogens is 1. The second-order valence-corrected chi connectivity index (χ2v) is 8.45. The highest BCUT2D eigenvalue weighted by molar-refractivity contribution is 5.98. The van der Waals surface area contributed by atoms with Crippen molar-refractivity contribution in [2.45, 2.75) is 19.1 Å². The Morgan fingerprint density at radius 3 is 2.62 bits per heavy atom. The van der Waals surface area contributed by atoms with E-state index in [1.54, 1.807) is 17.3 Å². The van der Waals surface area contributed by atoms with E-state index < -0.39 is 6.10 Å². The van der Waals surface area contributed by atoms with Crippen LogP contribution >= 0.6 is 0 Å². The van der Waals surface area contributed by atoms with E-state index in [1.165, 1.54) is 11.1 Å². The van der Waals surface area contributed by atoms with Gasteiger partial charge in [-0.2, -0.15) is 0 Å². The normalized spacial score (nSPS) is 17.2. The first-order valence-corrected chi connectivity index (χ1v) is 11.1. The van der Waals surface area contributed by atoms with Crippen LogP contribution < -0.4 is 4.74 Å². The molecular formula is C26H27N3O3. The lowest BCUT2D eigenvalue weighted by Gasteiger charge is -2.32. The van der Waals surface area contributed by atoms with Gasteiger partial charge in [0.25, 0.3) is 5.91 Å². The predicted molar refractivity (Wildman–Crippen MR) is 123 cm³/mol. The second kappa shape index (κ2) is 9.10. The van der Waals surface area contributed by atoms with E-state index in [1.807, 2.05) is 30.3 Å². The molecular weight excluding hydrogens is 402 g/mol. The number of hydrogen-bond donors (Lipinski definition) is 1.